The van der Waals surface area contributed by atoms with Gasteiger partial charge in [-0.1, -0.05) is 0 Å². The SMILES string of the molecule is Cc1cc(N2CCCC2)nc(N2CCN(S(=O)(=O)c3cn(C)cn3)CC2)n1. The molecule has 2 aliphatic heterocycles. The summed E-state index contributed by atoms with van der Waals surface area (Å²) in [4.78, 5) is 17.7. The fourth-order valence-corrected chi connectivity index (χ4v) is 4.96. The van der Waals surface area contributed by atoms with Gasteiger partial charge in [0, 0.05) is 64.3 Å². The van der Waals surface area contributed by atoms with Crippen molar-refractivity contribution in [2.75, 3.05) is 49.1 Å². The second kappa shape index (κ2) is 7.08. The van der Waals surface area contributed by atoms with Crippen molar-refractivity contribution in [2.24, 2.45) is 7.05 Å². The lowest BCUT2D eigenvalue weighted by molar-refractivity contribution is 0.381. The number of nitrogens with zero attached hydrogens (tertiary/aromatic N) is 7. The first-order valence-corrected chi connectivity index (χ1v) is 10.7. The number of sulfonamides is 1. The minimum absolute atomic E-state index is 0.0987. The number of hydrogen-bond acceptors (Lipinski definition) is 7. The van der Waals surface area contributed by atoms with E-state index < -0.39 is 10.0 Å². The fourth-order valence-electron chi connectivity index (χ4n) is 3.57. The van der Waals surface area contributed by atoms with Crippen molar-refractivity contribution < 1.29 is 8.42 Å². The third kappa shape index (κ3) is 3.63. The first kappa shape index (κ1) is 18.2. The van der Waals surface area contributed by atoms with E-state index >= 15 is 0 Å². The summed E-state index contributed by atoms with van der Waals surface area (Å²) in [5.41, 5.74) is 0.936. The molecule has 2 aromatic rings. The van der Waals surface area contributed by atoms with Gasteiger partial charge in [0.1, 0.15) is 5.82 Å². The van der Waals surface area contributed by atoms with Gasteiger partial charge in [-0.2, -0.15) is 9.29 Å². The van der Waals surface area contributed by atoms with E-state index in [4.69, 9.17) is 4.98 Å². The van der Waals surface area contributed by atoms with Gasteiger partial charge in [0.2, 0.25) is 5.95 Å². The maximum Gasteiger partial charge on any atom is 0.262 e. The molecule has 9 nitrogen and oxygen atoms in total. The molecule has 0 aliphatic carbocycles. The lowest BCUT2D eigenvalue weighted by atomic mass is 10.3. The number of piperazine rings is 1. The molecule has 0 unspecified atom stereocenters. The van der Waals surface area contributed by atoms with Crippen molar-refractivity contribution in [1.29, 1.82) is 0 Å². The van der Waals surface area contributed by atoms with Crippen LogP contribution in [0.15, 0.2) is 23.6 Å². The molecule has 2 aliphatic rings. The lowest BCUT2D eigenvalue weighted by Gasteiger charge is -2.34. The average Bonchev–Trinajstić information content (AvgIpc) is 3.33. The monoisotopic (exact) mass is 391 g/mol. The number of rotatable bonds is 4. The summed E-state index contributed by atoms with van der Waals surface area (Å²) >= 11 is 0. The summed E-state index contributed by atoms with van der Waals surface area (Å²) in [5.74, 6) is 1.66. The van der Waals surface area contributed by atoms with Crippen LogP contribution in [0.2, 0.25) is 0 Å². The zero-order chi connectivity index (χ0) is 19.0. The van der Waals surface area contributed by atoms with Gasteiger partial charge in [-0.25, -0.2) is 18.4 Å². The van der Waals surface area contributed by atoms with Gasteiger partial charge in [-0.15, -0.1) is 0 Å². The molecule has 0 aromatic carbocycles. The van der Waals surface area contributed by atoms with Crippen LogP contribution in [0, 0.1) is 6.92 Å². The molecule has 0 atom stereocenters. The average molecular weight is 392 g/mol. The minimum Gasteiger partial charge on any atom is -0.356 e. The molecule has 0 amide bonds. The normalized spacial score (nSPS) is 19.0. The summed E-state index contributed by atoms with van der Waals surface area (Å²) in [6, 6.07) is 2.02. The van der Waals surface area contributed by atoms with Crippen LogP contribution in [-0.4, -0.2) is 71.5 Å². The molecule has 27 heavy (non-hydrogen) atoms. The molecule has 4 heterocycles. The van der Waals surface area contributed by atoms with E-state index in [1.807, 2.05) is 13.0 Å². The van der Waals surface area contributed by atoms with Crippen LogP contribution in [0.5, 0.6) is 0 Å². The standard InChI is InChI=1S/C17H25N7O2S/c1-14-11-15(22-5-3-4-6-22)20-17(19-14)23-7-9-24(10-8-23)27(25,26)16-12-21(2)13-18-16/h11-13H,3-10H2,1-2H3. The van der Waals surface area contributed by atoms with Crippen molar-refractivity contribution in [1.82, 2.24) is 23.8 Å². The zero-order valence-corrected chi connectivity index (χ0v) is 16.6. The highest BCUT2D eigenvalue weighted by Gasteiger charge is 2.31. The van der Waals surface area contributed by atoms with Gasteiger partial charge in [0.15, 0.2) is 5.03 Å². The predicted octanol–water partition coefficient (Wildman–Crippen LogP) is 0.630. The van der Waals surface area contributed by atoms with Gasteiger partial charge in [0.05, 0.1) is 6.33 Å². The summed E-state index contributed by atoms with van der Waals surface area (Å²) in [7, 11) is -1.79. The van der Waals surface area contributed by atoms with Crippen LogP contribution in [0.1, 0.15) is 18.5 Å². The second-order valence-corrected chi connectivity index (χ2v) is 9.01. The van der Waals surface area contributed by atoms with Gasteiger partial charge in [-0.05, 0) is 19.8 Å². The van der Waals surface area contributed by atoms with E-state index in [0.717, 1.165) is 24.6 Å². The smallest absolute Gasteiger partial charge is 0.262 e. The van der Waals surface area contributed by atoms with E-state index in [-0.39, 0.29) is 5.03 Å². The Morgan fingerprint density at radius 3 is 2.30 bits per heavy atom. The Kier molecular flexibility index (Phi) is 4.77. The van der Waals surface area contributed by atoms with E-state index in [9.17, 15) is 8.42 Å². The minimum atomic E-state index is -3.55. The van der Waals surface area contributed by atoms with Gasteiger partial charge < -0.3 is 14.4 Å². The molecule has 2 aromatic heterocycles. The van der Waals surface area contributed by atoms with Crippen molar-refractivity contribution in [3.05, 3.63) is 24.3 Å². The van der Waals surface area contributed by atoms with Crippen molar-refractivity contribution >= 4 is 21.8 Å². The zero-order valence-electron chi connectivity index (χ0n) is 15.7. The molecule has 0 spiro atoms. The van der Waals surface area contributed by atoms with Crippen LogP contribution < -0.4 is 9.80 Å². The Labute approximate surface area is 159 Å². The van der Waals surface area contributed by atoms with Gasteiger partial charge >= 0.3 is 0 Å². The predicted molar refractivity (Wildman–Crippen MR) is 102 cm³/mol. The van der Waals surface area contributed by atoms with Crippen molar-refractivity contribution in [2.45, 2.75) is 24.8 Å². The summed E-state index contributed by atoms with van der Waals surface area (Å²) < 4.78 is 28.6. The summed E-state index contributed by atoms with van der Waals surface area (Å²) in [5, 5.41) is 0.0987. The molecular weight excluding hydrogens is 366 g/mol. The van der Waals surface area contributed by atoms with Crippen LogP contribution in [0.4, 0.5) is 11.8 Å². The Morgan fingerprint density at radius 1 is 0.963 bits per heavy atom. The molecule has 2 saturated heterocycles. The Bertz CT molecular complexity index is 913. The highest BCUT2D eigenvalue weighted by molar-refractivity contribution is 7.89. The van der Waals surface area contributed by atoms with Crippen LogP contribution in [-0.2, 0) is 17.1 Å². The quantitative estimate of drug-likeness (QED) is 0.755. The van der Waals surface area contributed by atoms with Crippen LogP contribution in [0.3, 0.4) is 0 Å². The molecule has 0 radical (unpaired) electrons. The van der Waals surface area contributed by atoms with Crippen molar-refractivity contribution in [3.8, 4) is 0 Å². The van der Waals surface area contributed by atoms with E-state index in [1.165, 1.54) is 29.7 Å². The Hall–Kier alpha value is -2.20. The Balaban J connectivity index is 1.48. The molecule has 0 bridgehead atoms. The molecule has 146 valence electrons. The number of hydrogen-bond donors (Lipinski definition) is 0. The molecule has 2 fully saturated rings. The van der Waals surface area contributed by atoms with E-state index in [0.29, 0.717) is 32.1 Å². The summed E-state index contributed by atoms with van der Waals surface area (Å²) in [6.07, 6.45) is 5.43. The van der Waals surface area contributed by atoms with Gasteiger partial charge in [-0.3, -0.25) is 0 Å². The largest absolute Gasteiger partial charge is 0.356 e. The second-order valence-electron chi connectivity index (χ2n) is 7.13. The fraction of sp³-hybridized carbons (Fsp3) is 0.588. The third-order valence-electron chi connectivity index (χ3n) is 5.07. The first-order chi connectivity index (χ1) is 12.9. The lowest BCUT2D eigenvalue weighted by Crippen LogP contribution is -2.49. The maximum atomic E-state index is 12.7. The highest BCUT2D eigenvalue weighted by Crippen LogP contribution is 2.23. The van der Waals surface area contributed by atoms with Crippen LogP contribution >= 0.6 is 0 Å². The molecule has 0 N–H and O–H groups in total. The van der Waals surface area contributed by atoms with Gasteiger partial charge in [0.25, 0.3) is 10.0 Å². The highest BCUT2D eigenvalue weighted by atomic mass is 32.2. The maximum absolute atomic E-state index is 12.7. The third-order valence-corrected chi connectivity index (χ3v) is 6.85. The number of anilines is 2. The number of aromatic nitrogens is 4. The van der Waals surface area contributed by atoms with E-state index in [1.54, 1.807) is 11.6 Å². The molecule has 0 saturated carbocycles. The van der Waals surface area contributed by atoms with Crippen LogP contribution in [0.25, 0.3) is 0 Å². The first-order valence-electron chi connectivity index (χ1n) is 9.27. The molecule has 10 heteroatoms. The molecular formula is C17H25N7O2S. The summed E-state index contributed by atoms with van der Waals surface area (Å²) in [6.45, 7) is 5.97. The number of imidazole rings is 1. The topological polar surface area (TPSA) is 87.5 Å². The van der Waals surface area contributed by atoms with E-state index in [2.05, 4.69) is 19.8 Å². The molecule has 4 rings (SSSR count). The van der Waals surface area contributed by atoms with Crippen molar-refractivity contribution in [3.63, 3.8) is 0 Å². The number of aryl methyl sites for hydroxylation is 2. The Morgan fingerprint density at radius 2 is 1.67 bits per heavy atom.